The lowest BCUT2D eigenvalue weighted by molar-refractivity contribution is -0.697. The number of amides is 1. The molecule has 29 heavy (non-hydrogen) atoms. The number of hydrogen-bond donors (Lipinski definition) is 2. The Kier molecular flexibility index (Phi) is 5.63. The largest absolute Gasteiger partial charge is 0.497 e. The van der Waals surface area contributed by atoms with Crippen LogP contribution >= 0.6 is 0 Å². The van der Waals surface area contributed by atoms with Gasteiger partial charge < -0.3 is 24.8 Å². The molecule has 1 aliphatic rings. The summed E-state index contributed by atoms with van der Waals surface area (Å²) in [5.41, 5.74) is 2.70. The maximum Gasteiger partial charge on any atom is 0.287 e. The summed E-state index contributed by atoms with van der Waals surface area (Å²) >= 11 is 0. The number of methoxy groups -OCH3 is 1. The first-order chi connectivity index (χ1) is 14.2. The zero-order valence-electron chi connectivity index (χ0n) is 16.1. The van der Waals surface area contributed by atoms with Gasteiger partial charge in [-0.05, 0) is 30.3 Å². The van der Waals surface area contributed by atoms with Gasteiger partial charge in [0.15, 0.2) is 17.5 Å². The average molecular weight is 391 g/mol. The number of rotatable bonds is 7. The van der Waals surface area contributed by atoms with E-state index in [1.54, 1.807) is 13.2 Å². The monoisotopic (exact) mass is 391 g/mol. The van der Waals surface area contributed by atoms with Gasteiger partial charge in [0.25, 0.3) is 5.91 Å². The number of ether oxygens (including phenoxy) is 3. The molecule has 1 atom stereocenters. The molecule has 3 aromatic carbocycles. The summed E-state index contributed by atoms with van der Waals surface area (Å²) < 4.78 is 16.1. The van der Waals surface area contributed by atoms with Crippen LogP contribution in [0.25, 0.3) is 0 Å². The predicted octanol–water partition coefficient (Wildman–Crippen LogP) is 2.87. The van der Waals surface area contributed by atoms with Crippen LogP contribution < -0.4 is 24.8 Å². The molecule has 1 amide bonds. The highest BCUT2D eigenvalue weighted by Crippen LogP contribution is 2.32. The Bertz CT molecular complexity index is 991. The minimum absolute atomic E-state index is 0.0924. The van der Waals surface area contributed by atoms with Crippen LogP contribution in [-0.2, 0) is 11.3 Å². The van der Waals surface area contributed by atoms with Gasteiger partial charge in [0, 0.05) is 22.9 Å². The number of carbonyl (C=O) groups excluding carboxylic acids is 1. The molecule has 0 aromatic heterocycles. The van der Waals surface area contributed by atoms with Crippen molar-refractivity contribution in [1.29, 1.82) is 0 Å². The lowest BCUT2D eigenvalue weighted by Crippen LogP contribution is -2.85. The molecule has 0 aliphatic carbocycles. The molecule has 3 N–H and O–H groups in total. The first-order valence-electron chi connectivity index (χ1n) is 9.44. The van der Waals surface area contributed by atoms with E-state index in [9.17, 15) is 4.79 Å². The third kappa shape index (κ3) is 4.50. The summed E-state index contributed by atoms with van der Waals surface area (Å²) in [6, 6.07) is 22.6. The standard InChI is InChI=1S/C23H22N2O4/c1-27-19-9-5-8-18(13-19)25-23(26)22(17-6-3-2-4-7-17)24-14-16-10-11-20-21(12-16)29-15-28-20/h2-13,22,24H,14-15H2,1H3,(H,25,26)/p+1/t22-/m1/s1. The topological polar surface area (TPSA) is 73.4 Å². The van der Waals surface area contributed by atoms with Crippen molar-refractivity contribution in [2.45, 2.75) is 12.6 Å². The second-order valence-electron chi connectivity index (χ2n) is 6.74. The van der Waals surface area contributed by atoms with Gasteiger partial charge in [-0.1, -0.05) is 36.4 Å². The fraction of sp³-hybridized carbons (Fsp3) is 0.174. The van der Waals surface area contributed by atoms with Gasteiger partial charge >= 0.3 is 0 Å². The minimum atomic E-state index is -0.396. The van der Waals surface area contributed by atoms with Crippen LogP contribution in [0.15, 0.2) is 72.8 Å². The number of hydrogen-bond acceptors (Lipinski definition) is 4. The maximum absolute atomic E-state index is 13.1. The van der Waals surface area contributed by atoms with Crippen LogP contribution in [0.2, 0.25) is 0 Å². The Morgan fingerprint density at radius 2 is 1.86 bits per heavy atom. The van der Waals surface area contributed by atoms with E-state index in [1.165, 1.54) is 0 Å². The number of carbonyl (C=O) groups is 1. The molecule has 1 aliphatic heterocycles. The first-order valence-corrected chi connectivity index (χ1v) is 9.44. The highest BCUT2D eigenvalue weighted by molar-refractivity contribution is 5.94. The Morgan fingerprint density at radius 3 is 2.69 bits per heavy atom. The molecule has 0 radical (unpaired) electrons. The number of anilines is 1. The molecule has 6 nitrogen and oxygen atoms in total. The van der Waals surface area contributed by atoms with E-state index >= 15 is 0 Å². The average Bonchev–Trinajstić information content (AvgIpc) is 3.23. The first kappa shape index (κ1) is 18.8. The van der Waals surface area contributed by atoms with Crippen molar-refractivity contribution in [3.63, 3.8) is 0 Å². The molecule has 0 saturated heterocycles. The molecule has 6 heteroatoms. The molecule has 0 bridgehead atoms. The van der Waals surface area contributed by atoms with Gasteiger partial charge in [0.05, 0.1) is 7.11 Å². The molecule has 0 saturated carbocycles. The van der Waals surface area contributed by atoms with Crippen LogP contribution in [0.3, 0.4) is 0 Å². The van der Waals surface area contributed by atoms with Crippen molar-refractivity contribution < 1.29 is 24.3 Å². The van der Waals surface area contributed by atoms with E-state index in [-0.39, 0.29) is 12.7 Å². The molecule has 0 fully saturated rings. The van der Waals surface area contributed by atoms with Gasteiger partial charge in [0.2, 0.25) is 6.79 Å². The van der Waals surface area contributed by atoms with Crippen molar-refractivity contribution in [2.75, 3.05) is 19.2 Å². The fourth-order valence-electron chi connectivity index (χ4n) is 3.30. The third-order valence-corrected chi connectivity index (χ3v) is 4.80. The number of nitrogens with two attached hydrogens (primary N) is 1. The quantitative estimate of drug-likeness (QED) is 0.650. The second kappa shape index (κ2) is 8.67. The number of quaternary nitrogens is 1. The fourth-order valence-corrected chi connectivity index (χ4v) is 3.30. The van der Waals surface area contributed by atoms with E-state index < -0.39 is 6.04 Å². The maximum atomic E-state index is 13.1. The molecular formula is C23H23N2O4+. The summed E-state index contributed by atoms with van der Waals surface area (Å²) in [6.45, 7) is 0.875. The van der Waals surface area contributed by atoms with E-state index in [4.69, 9.17) is 14.2 Å². The van der Waals surface area contributed by atoms with E-state index in [0.717, 1.165) is 22.6 Å². The number of nitrogens with one attached hydrogen (secondary N) is 1. The minimum Gasteiger partial charge on any atom is -0.497 e. The highest BCUT2D eigenvalue weighted by atomic mass is 16.7. The molecule has 1 heterocycles. The predicted molar refractivity (Wildman–Crippen MR) is 109 cm³/mol. The Balaban J connectivity index is 1.51. The lowest BCUT2D eigenvalue weighted by atomic mass is 10.1. The zero-order valence-corrected chi connectivity index (χ0v) is 16.1. The highest BCUT2D eigenvalue weighted by Gasteiger charge is 2.24. The van der Waals surface area contributed by atoms with Gasteiger partial charge in [-0.3, -0.25) is 4.79 Å². The number of benzene rings is 3. The molecule has 3 aromatic rings. The van der Waals surface area contributed by atoms with Crippen molar-refractivity contribution in [3.8, 4) is 17.2 Å². The van der Waals surface area contributed by atoms with Crippen LogP contribution in [0.1, 0.15) is 17.2 Å². The Hall–Kier alpha value is -3.51. The van der Waals surface area contributed by atoms with Gasteiger partial charge in [-0.25, -0.2) is 0 Å². The molecule has 0 spiro atoms. The van der Waals surface area contributed by atoms with Crippen molar-refractivity contribution in [3.05, 3.63) is 83.9 Å². The summed E-state index contributed by atoms with van der Waals surface area (Å²) in [5.74, 6) is 2.10. The van der Waals surface area contributed by atoms with Crippen molar-refractivity contribution >= 4 is 11.6 Å². The van der Waals surface area contributed by atoms with Gasteiger partial charge in [-0.2, -0.15) is 0 Å². The number of fused-ring (bicyclic) bond motifs is 1. The van der Waals surface area contributed by atoms with Gasteiger partial charge in [0.1, 0.15) is 12.3 Å². The third-order valence-electron chi connectivity index (χ3n) is 4.80. The zero-order chi connectivity index (χ0) is 20.1. The van der Waals surface area contributed by atoms with E-state index in [0.29, 0.717) is 18.0 Å². The Labute approximate surface area is 169 Å². The summed E-state index contributed by atoms with van der Waals surface area (Å²) in [6.07, 6.45) is 0. The normalized spacial score (nSPS) is 13.0. The Morgan fingerprint density at radius 1 is 1.03 bits per heavy atom. The van der Waals surface area contributed by atoms with Crippen molar-refractivity contribution in [2.24, 2.45) is 0 Å². The summed E-state index contributed by atoms with van der Waals surface area (Å²) in [4.78, 5) is 13.1. The van der Waals surface area contributed by atoms with E-state index in [1.807, 2.05) is 72.0 Å². The van der Waals surface area contributed by atoms with Crippen LogP contribution in [0, 0.1) is 0 Å². The molecular weight excluding hydrogens is 368 g/mol. The van der Waals surface area contributed by atoms with Crippen molar-refractivity contribution in [1.82, 2.24) is 0 Å². The van der Waals surface area contributed by atoms with Crippen LogP contribution in [0.5, 0.6) is 17.2 Å². The van der Waals surface area contributed by atoms with Gasteiger partial charge in [-0.15, -0.1) is 0 Å². The molecule has 148 valence electrons. The van der Waals surface area contributed by atoms with Crippen LogP contribution in [0.4, 0.5) is 5.69 Å². The summed E-state index contributed by atoms with van der Waals surface area (Å²) in [7, 11) is 1.60. The van der Waals surface area contributed by atoms with E-state index in [2.05, 4.69) is 5.32 Å². The summed E-state index contributed by atoms with van der Waals surface area (Å²) in [5, 5.41) is 5.01. The second-order valence-corrected chi connectivity index (χ2v) is 6.74. The molecule has 4 rings (SSSR count). The molecule has 0 unspecified atom stereocenters. The van der Waals surface area contributed by atoms with Crippen LogP contribution in [-0.4, -0.2) is 19.8 Å². The lowest BCUT2D eigenvalue weighted by Gasteiger charge is -2.16. The SMILES string of the molecule is COc1cccc(NC(=O)[C@H]([NH2+]Cc2ccc3c(c2)OCO3)c2ccccc2)c1. The smallest absolute Gasteiger partial charge is 0.287 e.